The van der Waals surface area contributed by atoms with Gasteiger partial charge in [0.05, 0.1) is 0 Å². The molecule has 1 nitrogen and oxygen atoms in total. The Hall–Kier alpha value is -0.820. The molecule has 0 fully saturated rings. The van der Waals surface area contributed by atoms with Crippen molar-refractivity contribution in [3.8, 4) is 0 Å². The van der Waals surface area contributed by atoms with E-state index in [1.54, 1.807) is 0 Å². The Balaban J connectivity index is 2.40. The molecule has 1 heteroatoms. The number of benzene rings is 1. The molecule has 1 aromatic carbocycles. The molecule has 0 aliphatic heterocycles. The highest BCUT2D eigenvalue weighted by atomic mass is 14.9. The Morgan fingerprint density at radius 1 is 1.07 bits per heavy atom. The lowest BCUT2D eigenvalue weighted by atomic mass is 10.1. The van der Waals surface area contributed by atoms with Crippen molar-refractivity contribution in [1.29, 1.82) is 0 Å². The zero-order chi connectivity index (χ0) is 11.3. The van der Waals surface area contributed by atoms with E-state index in [2.05, 4.69) is 57.3 Å². The first-order valence-corrected chi connectivity index (χ1v) is 5.89. The fraction of sp³-hybridized carbons (Fsp3) is 0.571. The molecule has 1 aromatic rings. The maximum Gasteiger partial charge on any atom is 0.0291 e. The Bertz CT molecular complexity index is 274. The molecule has 15 heavy (non-hydrogen) atoms. The van der Waals surface area contributed by atoms with E-state index >= 15 is 0 Å². The lowest BCUT2D eigenvalue weighted by molar-refractivity contribution is 0.497. The lowest BCUT2D eigenvalue weighted by Gasteiger charge is -2.15. The van der Waals surface area contributed by atoms with Gasteiger partial charge >= 0.3 is 0 Å². The summed E-state index contributed by atoms with van der Waals surface area (Å²) < 4.78 is 0. The van der Waals surface area contributed by atoms with Crippen LogP contribution in [-0.4, -0.2) is 6.54 Å². The number of nitrogens with one attached hydrogen (secondary N) is 1. The monoisotopic (exact) mass is 205 g/mol. The van der Waals surface area contributed by atoms with Crippen LogP contribution in [-0.2, 0) is 0 Å². The highest BCUT2D eigenvalue weighted by molar-refractivity contribution is 5.23. The van der Waals surface area contributed by atoms with Crippen LogP contribution < -0.4 is 5.32 Å². The SMILES string of the molecule is Cc1ccc([C@H](C)NCCC(C)C)cc1. The van der Waals surface area contributed by atoms with Gasteiger partial charge in [0.15, 0.2) is 0 Å². The van der Waals surface area contributed by atoms with E-state index in [0.29, 0.717) is 6.04 Å². The molecular formula is C14H23N. The van der Waals surface area contributed by atoms with Crippen LogP contribution in [0.4, 0.5) is 0 Å². The summed E-state index contributed by atoms with van der Waals surface area (Å²) in [6, 6.07) is 9.24. The van der Waals surface area contributed by atoms with E-state index in [4.69, 9.17) is 0 Å². The summed E-state index contributed by atoms with van der Waals surface area (Å²) in [7, 11) is 0. The van der Waals surface area contributed by atoms with Gasteiger partial charge < -0.3 is 5.32 Å². The second-order valence-corrected chi connectivity index (χ2v) is 4.77. The summed E-state index contributed by atoms with van der Waals surface area (Å²) in [5.41, 5.74) is 2.71. The van der Waals surface area contributed by atoms with Crippen molar-refractivity contribution in [2.45, 2.75) is 40.2 Å². The summed E-state index contributed by atoms with van der Waals surface area (Å²) in [4.78, 5) is 0. The van der Waals surface area contributed by atoms with Crippen molar-refractivity contribution < 1.29 is 0 Å². The summed E-state index contributed by atoms with van der Waals surface area (Å²) in [5, 5.41) is 3.55. The Morgan fingerprint density at radius 3 is 2.20 bits per heavy atom. The van der Waals surface area contributed by atoms with Gasteiger partial charge in [-0.25, -0.2) is 0 Å². The Kier molecular flexibility index (Phi) is 4.83. The van der Waals surface area contributed by atoms with Gasteiger partial charge in [-0.1, -0.05) is 43.7 Å². The van der Waals surface area contributed by atoms with E-state index in [0.717, 1.165) is 12.5 Å². The number of hydrogen-bond acceptors (Lipinski definition) is 1. The molecule has 1 N–H and O–H groups in total. The van der Waals surface area contributed by atoms with Gasteiger partial charge in [-0.3, -0.25) is 0 Å². The zero-order valence-electron chi connectivity index (χ0n) is 10.4. The first kappa shape index (κ1) is 12.3. The smallest absolute Gasteiger partial charge is 0.0291 e. The van der Waals surface area contributed by atoms with Gasteiger partial charge in [0, 0.05) is 6.04 Å². The topological polar surface area (TPSA) is 12.0 Å². The minimum absolute atomic E-state index is 0.462. The van der Waals surface area contributed by atoms with Gasteiger partial charge in [0.25, 0.3) is 0 Å². The molecule has 1 atom stereocenters. The fourth-order valence-electron chi connectivity index (χ4n) is 1.56. The summed E-state index contributed by atoms with van der Waals surface area (Å²) in [6.07, 6.45) is 1.25. The molecule has 0 saturated carbocycles. The minimum atomic E-state index is 0.462. The molecule has 0 unspecified atom stereocenters. The molecule has 0 aliphatic carbocycles. The third-order valence-corrected chi connectivity index (χ3v) is 2.75. The van der Waals surface area contributed by atoms with Crippen LogP contribution >= 0.6 is 0 Å². The van der Waals surface area contributed by atoms with Gasteiger partial charge in [-0.2, -0.15) is 0 Å². The van der Waals surface area contributed by atoms with Gasteiger partial charge in [0.1, 0.15) is 0 Å². The van der Waals surface area contributed by atoms with Crippen molar-refractivity contribution >= 4 is 0 Å². The predicted octanol–water partition coefficient (Wildman–Crippen LogP) is 3.69. The molecule has 0 saturated heterocycles. The van der Waals surface area contributed by atoms with Crippen molar-refractivity contribution in [3.63, 3.8) is 0 Å². The molecule has 0 spiro atoms. The summed E-state index contributed by atoms with van der Waals surface area (Å²) >= 11 is 0. The largest absolute Gasteiger partial charge is 0.310 e. The van der Waals surface area contributed by atoms with Crippen molar-refractivity contribution in [1.82, 2.24) is 5.32 Å². The zero-order valence-corrected chi connectivity index (χ0v) is 10.4. The fourth-order valence-corrected chi connectivity index (χ4v) is 1.56. The molecule has 0 bridgehead atoms. The van der Waals surface area contributed by atoms with Gasteiger partial charge in [-0.15, -0.1) is 0 Å². The number of aryl methyl sites for hydroxylation is 1. The van der Waals surface area contributed by atoms with Crippen LogP contribution in [0.3, 0.4) is 0 Å². The van der Waals surface area contributed by atoms with Crippen LogP contribution in [0, 0.1) is 12.8 Å². The first-order valence-electron chi connectivity index (χ1n) is 5.89. The van der Waals surface area contributed by atoms with Crippen molar-refractivity contribution in [2.75, 3.05) is 6.54 Å². The van der Waals surface area contributed by atoms with E-state index in [1.807, 2.05) is 0 Å². The van der Waals surface area contributed by atoms with Crippen LogP contribution in [0.2, 0.25) is 0 Å². The molecule has 0 amide bonds. The molecule has 0 heterocycles. The van der Waals surface area contributed by atoms with Gasteiger partial charge in [-0.05, 0) is 38.3 Å². The third kappa shape index (κ3) is 4.48. The average molecular weight is 205 g/mol. The molecule has 0 radical (unpaired) electrons. The maximum absolute atomic E-state index is 3.55. The third-order valence-electron chi connectivity index (χ3n) is 2.75. The van der Waals surface area contributed by atoms with Crippen LogP contribution in [0.15, 0.2) is 24.3 Å². The highest BCUT2D eigenvalue weighted by Gasteiger charge is 2.03. The van der Waals surface area contributed by atoms with Crippen molar-refractivity contribution in [2.24, 2.45) is 5.92 Å². The molecular weight excluding hydrogens is 182 g/mol. The predicted molar refractivity (Wildman–Crippen MR) is 67.1 cm³/mol. The highest BCUT2D eigenvalue weighted by Crippen LogP contribution is 2.13. The molecule has 0 aromatic heterocycles. The quantitative estimate of drug-likeness (QED) is 0.773. The van der Waals surface area contributed by atoms with Crippen molar-refractivity contribution in [3.05, 3.63) is 35.4 Å². The first-order chi connectivity index (χ1) is 7.09. The van der Waals surface area contributed by atoms with E-state index in [9.17, 15) is 0 Å². The summed E-state index contributed by atoms with van der Waals surface area (Å²) in [5.74, 6) is 0.780. The Morgan fingerprint density at radius 2 is 1.67 bits per heavy atom. The summed E-state index contributed by atoms with van der Waals surface area (Å²) in [6.45, 7) is 9.98. The maximum atomic E-state index is 3.55. The van der Waals surface area contributed by atoms with Gasteiger partial charge in [0.2, 0.25) is 0 Å². The Labute approximate surface area is 93.9 Å². The normalized spacial score (nSPS) is 13.1. The average Bonchev–Trinajstić information content (AvgIpc) is 2.18. The van der Waals surface area contributed by atoms with E-state index in [1.165, 1.54) is 17.5 Å². The second kappa shape index (κ2) is 5.92. The molecule has 84 valence electrons. The van der Waals surface area contributed by atoms with E-state index < -0.39 is 0 Å². The minimum Gasteiger partial charge on any atom is -0.310 e. The van der Waals surface area contributed by atoms with E-state index in [-0.39, 0.29) is 0 Å². The second-order valence-electron chi connectivity index (χ2n) is 4.77. The number of rotatable bonds is 5. The van der Waals surface area contributed by atoms with Crippen LogP contribution in [0.25, 0.3) is 0 Å². The lowest BCUT2D eigenvalue weighted by Crippen LogP contribution is -2.20. The van der Waals surface area contributed by atoms with Crippen LogP contribution in [0.5, 0.6) is 0 Å². The standard InChI is InChI=1S/C14H23N/c1-11(2)9-10-15-13(4)14-7-5-12(3)6-8-14/h5-8,11,13,15H,9-10H2,1-4H3/t13-/m0/s1. The number of hydrogen-bond donors (Lipinski definition) is 1. The van der Waals surface area contributed by atoms with Crippen LogP contribution in [0.1, 0.15) is 44.4 Å². The molecule has 0 aliphatic rings. The molecule has 1 rings (SSSR count).